The third kappa shape index (κ3) is 2.93. The third-order valence-electron chi connectivity index (χ3n) is 3.86. The molecule has 0 aliphatic carbocycles. The van der Waals surface area contributed by atoms with Crippen molar-refractivity contribution < 1.29 is 9.84 Å². The van der Waals surface area contributed by atoms with Gasteiger partial charge in [-0.05, 0) is 37.5 Å². The van der Waals surface area contributed by atoms with Crippen LogP contribution in [-0.2, 0) is 6.61 Å². The van der Waals surface area contributed by atoms with Crippen molar-refractivity contribution in [2.45, 2.75) is 46.1 Å². The zero-order chi connectivity index (χ0) is 15.4. The highest BCUT2D eigenvalue weighted by Gasteiger charge is 2.22. The first-order valence-electron chi connectivity index (χ1n) is 7.36. The monoisotopic (exact) mass is 289 g/mol. The molecule has 1 aromatic heterocycles. The molecular formula is C16H23N3O2. The summed E-state index contributed by atoms with van der Waals surface area (Å²) in [6.07, 6.45) is 1.95. The van der Waals surface area contributed by atoms with Crippen LogP contribution >= 0.6 is 0 Å². The van der Waals surface area contributed by atoms with Crippen LogP contribution in [0.3, 0.4) is 0 Å². The fraction of sp³-hybridized carbons (Fsp3) is 0.500. The number of hydrogen-bond acceptors (Lipinski definition) is 4. The van der Waals surface area contributed by atoms with Crippen molar-refractivity contribution in [3.63, 3.8) is 0 Å². The number of aryl methyl sites for hydroxylation is 1. The number of aliphatic hydroxyl groups excluding tert-OH is 1. The van der Waals surface area contributed by atoms with E-state index in [2.05, 4.69) is 24.2 Å². The van der Waals surface area contributed by atoms with Crippen LogP contribution in [0, 0.1) is 6.92 Å². The van der Waals surface area contributed by atoms with E-state index in [0.29, 0.717) is 11.6 Å². The van der Waals surface area contributed by atoms with Crippen LogP contribution in [0.15, 0.2) is 18.2 Å². The van der Waals surface area contributed by atoms with Crippen molar-refractivity contribution in [2.75, 3.05) is 7.11 Å². The van der Waals surface area contributed by atoms with Crippen LogP contribution in [0.1, 0.15) is 49.6 Å². The Morgan fingerprint density at radius 2 is 2.00 bits per heavy atom. The Balaban J connectivity index is 2.64. The highest BCUT2D eigenvalue weighted by atomic mass is 16.5. The van der Waals surface area contributed by atoms with E-state index < -0.39 is 0 Å². The zero-order valence-electron chi connectivity index (χ0n) is 13.1. The van der Waals surface area contributed by atoms with Crippen molar-refractivity contribution in [3.05, 3.63) is 35.2 Å². The van der Waals surface area contributed by atoms with Crippen LogP contribution in [0.4, 0.5) is 0 Å². The molecule has 5 heteroatoms. The summed E-state index contributed by atoms with van der Waals surface area (Å²) in [6, 6.07) is 5.96. The predicted molar refractivity (Wildman–Crippen MR) is 81.9 cm³/mol. The molecule has 0 saturated heterocycles. The average Bonchev–Trinajstić information content (AvgIpc) is 2.92. The first-order valence-corrected chi connectivity index (χ1v) is 7.36. The number of hydrogen-bond donors (Lipinski definition) is 1. The quantitative estimate of drug-likeness (QED) is 0.888. The number of aliphatic hydroxyl groups is 1. The van der Waals surface area contributed by atoms with E-state index in [0.717, 1.165) is 35.5 Å². The lowest BCUT2D eigenvalue weighted by atomic mass is 9.97. The molecule has 0 radical (unpaired) electrons. The topological polar surface area (TPSA) is 60.2 Å². The first-order chi connectivity index (χ1) is 10.2. The molecular weight excluding hydrogens is 266 g/mol. The summed E-state index contributed by atoms with van der Waals surface area (Å²) in [4.78, 5) is 0. The Labute approximate surface area is 125 Å². The van der Waals surface area contributed by atoms with Crippen molar-refractivity contribution >= 4 is 0 Å². The Kier molecular flexibility index (Phi) is 4.96. The molecule has 0 aliphatic rings. The minimum atomic E-state index is -0.0973. The van der Waals surface area contributed by atoms with Gasteiger partial charge in [0, 0.05) is 5.92 Å². The van der Waals surface area contributed by atoms with E-state index in [4.69, 9.17) is 4.74 Å². The van der Waals surface area contributed by atoms with Crippen LogP contribution in [0.2, 0.25) is 0 Å². The minimum Gasteiger partial charge on any atom is -0.494 e. The molecule has 0 unspecified atom stereocenters. The molecule has 1 N–H and O–H groups in total. The Morgan fingerprint density at radius 1 is 1.29 bits per heavy atom. The molecule has 5 nitrogen and oxygen atoms in total. The number of aromatic nitrogens is 3. The molecule has 0 aliphatic heterocycles. The van der Waals surface area contributed by atoms with Crippen LogP contribution in [0.5, 0.6) is 5.75 Å². The lowest BCUT2D eigenvalue weighted by Gasteiger charge is -2.17. The van der Waals surface area contributed by atoms with Gasteiger partial charge in [0.25, 0.3) is 0 Å². The summed E-state index contributed by atoms with van der Waals surface area (Å²) in [7, 11) is 1.65. The van der Waals surface area contributed by atoms with Gasteiger partial charge in [0.2, 0.25) is 0 Å². The normalized spacial score (nSPS) is 11.1. The summed E-state index contributed by atoms with van der Waals surface area (Å²) in [5.74, 6) is 1.06. The average molecular weight is 289 g/mol. The highest BCUT2D eigenvalue weighted by Crippen LogP contribution is 2.31. The van der Waals surface area contributed by atoms with Gasteiger partial charge in [-0.15, -0.1) is 5.10 Å². The Morgan fingerprint density at radius 3 is 2.57 bits per heavy atom. The number of ether oxygens (including phenoxy) is 1. The second kappa shape index (κ2) is 6.72. The predicted octanol–water partition coefficient (Wildman–Crippen LogP) is 2.98. The molecule has 0 amide bonds. The molecule has 0 fully saturated rings. The molecule has 1 heterocycles. The molecule has 1 aromatic carbocycles. The van der Waals surface area contributed by atoms with Gasteiger partial charge in [-0.2, -0.15) is 0 Å². The van der Waals surface area contributed by atoms with E-state index in [1.807, 2.05) is 29.8 Å². The number of rotatable bonds is 6. The van der Waals surface area contributed by atoms with Crippen molar-refractivity contribution in [2.24, 2.45) is 0 Å². The Bertz CT molecular complexity index is 604. The summed E-state index contributed by atoms with van der Waals surface area (Å²) in [5, 5.41) is 17.9. The maximum atomic E-state index is 9.55. The van der Waals surface area contributed by atoms with Gasteiger partial charge in [0.1, 0.15) is 17.1 Å². The molecule has 21 heavy (non-hydrogen) atoms. The molecule has 2 aromatic rings. The molecule has 114 valence electrons. The van der Waals surface area contributed by atoms with Gasteiger partial charge < -0.3 is 9.84 Å². The number of nitrogens with zero attached hydrogens (tertiary/aromatic N) is 3. The maximum absolute atomic E-state index is 9.55. The van der Waals surface area contributed by atoms with Gasteiger partial charge in [-0.1, -0.05) is 25.1 Å². The van der Waals surface area contributed by atoms with Gasteiger partial charge in [0.05, 0.1) is 19.4 Å². The summed E-state index contributed by atoms with van der Waals surface area (Å²) >= 11 is 0. The van der Waals surface area contributed by atoms with E-state index in [1.165, 1.54) is 0 Å². The number of methoxy groups -OCH3 is 1. The second-order valence-corrected chi connectivity index (χ2v) is 5.18. The molecule has 0 bridgehead atoms. The fourth-order valence-corrected chi connectivity index (χ4v) is 2.66. The third-order valence-corrected chi connectivity index (χ3v) is 3.86. The fourth-order valence-electron chi connectivity index (χ4n) is 2.66. The van der Waals surface area contributed by atoms with Crippen LogP contribution in [0.25, 0.3) is 5.69 Å². The molecule has 2 rings (SSSR count). The van der Waals surface area contributed by atoms with Gasteiger partial charge >= 0.3 is 0 Å². The molecule has 0 spiro atoms. The number of benzene rings is 1. The van der Waals surface area contributed by atoms with E-state index in [1.54, 1.807) is 7.11 Å². The lowest BCUT2D eigenvalue weighted by molar-refractivity contribution is 0.274. The van der Waals surface area contributed by atoms with Gasteiger partial charge in [0.15, 0.2) is 0 Å². The largest absolute Gasteiger partial charge is 0.494 e. The molecule has 0 saturated carbocycles. The highest BCUT2D eigenvalue weighted by molar-refractivity contribution is 5.49. The van der Waals surface area contributed by atoms with E-state index in [9.17, 15) is 5.11 Å². The SMILES string of the molecule is CCC(CC)c1c(CO)nnn1-c1cc(C)ccc1OC. The van der Waals surface area contributed by atoms with Crippen LogP contribution < -0.4 is 4.74 Å². The molecule has 0 atom stereocenters. The summed E-state index contributed by atoms with van der Waals surface area (Å²) in [5.41, 5.74) is 3.62. The van der Waals surface area contributed by atoms with Crippen LogP contribution in [-0.4, -0.2) is 27.2 Å². The zero-order valence-corrected chi connectivity index (χ0v) is 13.1. The summed E-state index contributed by atoms with van der Waals surface area (Å²) in [6.45, 7) is 6.21. The van der Waals surface area contributed by atoms with Crippen molar-refractivity contribution in [3.8, 4) is 11.4 Å². The van der Waals surface area contributed by atoms with E-state index in [-0.39, 0.29) is 6.61 Å². The smallest absolute Gasteiger partial charge is 0.144 e. The van der Waals surface area contributed by atoms with E-state index >= 15 is 0 Å². The maximum Gasteiger partial charge on any atom is 0.144 e. The standard InChI is InChI=1S/C16H23N3O2/c1-5-12(6-2)16-13(10-20)17-18-19(16)14-9-11(3)7-8-15(14)21-4/h7-9,12,20H,5-6,10H2,1-4H3. The van der Waals surface area contributed by atoms with Crippen molar-refractivity contribution in [1.82, 2.24) is 15.0 Å². The van der Waals surface area contributed by atoms with Crippen molar-refractivity contribution in [1.29, 1.82) is 0 Å². The summed E-state index contributed by atoms with van der Waals surface area (Å²) < 4.78 is 7.26. The first kappa shape index (κ1) is 15.5. The van der Waals surface area contributed by atoms with Gasteiger partial charge in [-0.25, -0.2) is 4.68 Å². The second-order valence-electron chi connectivity index (χ2n) is 5.18. The lowest BCUT2D eigenvalue weighted by Crippen LogP contribution is -2.10. The minimum absolute atomic E-state index is 0.0973. The Hall–Kier alpha value is -1.88. The van der Waals surface area contributed by atoms with Gasteiger partial charge in [-0.3, -0.25) is 0 Å².